The maximum absolute atomic E-state index is 13.6. The molecule has 1 heterocycles. The largest absolute Gasteiger partial charge is 0.433 e. The first-order valence-electron chi connectivity index (χ1n) is 15.0. The monoisotopic (exact) mass is 636 g/mol. The van der Waals surface area contributed by atoms with E-state index in [1.807, 2.05) is 95.8 Å². The number of aliphatic imine (C=N–C) groups is 1. The van der Waals surface area contributed by atoms with Crippen LogP contribution in [0, 0.1) is 13.8 Å². The summed E-state index contributed by atoms with van der Waals surface area (Å²) in [4.78, 5) is 33.7. The van der Waals surface area contributed by atoms with Crippen LogP contribution in [0.4, 0.5) is 25.8 Å². The van der Waals surface area contributed by atoms with Crippen LogP contribution in [-0.2, 0) is 4.79 Å². The first-order chi connectivity index (χ1) is 21.8. The number of nitrogens with zero attached hydrogens (tertiary/aromatic N) is 4. The van der Waals surface area contributed by atoms with Crippen molar-refractivity contribution in [2.24, 2.45) is 4.99 Å². The summed E-state index contributed by atoms with van der Waals surface area (Å²) in [6.45, 7) is 13.0. The van der Waals surface area contributed by atoms with E-state index in [1.54, 1.807) is 23.9 Å². The smallest absolute Gasteiger partial charge is 0.387 e. The van der Waals surface area contributed by atoms with E-state index in [0.29, 0.717) is 36.0 Å². The summed E-state index contributed by atoms with van der Waals surface area (Å²) in [5, 5.41) is 5.89. The number of carbonyl (C=O) groups excluding carboxylic acids is 1. The molecule has 0 aliphatic carbocycles. The number of rotatable bonds is 13. The summed E-state index contributed by atoms with van der Waals surface area (Å²) >= 11 is 0. The van der Waals surface area contributed by atoms with Gasteiger partial charge >= 0.3 is 6.61 Å². The van der Waals surface area contributed by atoms with E-state index in [1.165, 1.54) is 12.1 Å². The van der Waals surface area contributed by atoms with Gasteiger partial charge in [0, 0.05) is 55.4 Å². The lowest BCUT2D eigenvalue weighted by Gasteiger charge is -2.26. The molecule has 3 aromatic rings. The highest BCUT2D eigenvalue weighted by Gasteiger charge is 2.19. The molecular weight excluding hydrogens is 590 g/mol. The molecule has 0 saturated carbocycles. The minimum Gasteiger partial charge on any atom is -0.433 e. The van der Waals surface area contributed by atoms with Crippen LogP contribution < -0.4 is 25.8 Å². The van der Waals surface area contributed by atoms with Crippen molar-refractivity contribution in [2.75, 3.05) is 49.8 Å². The van der Waals surface area contributed by atoms with Crippen LogP contribution in [0.3, 0.4) is 0 Å². The van der Waals surface area contributed by atoms with Gasteiger partial charge in [-0.05, 0) is 77.2 Å². The Morgan fingerprint density at radius 1 is 1.02 bits per heavy atom. The van der Waals surface area contributed by atoms with E-state index in [9.17, 15) is 18.4 Å². The van der Waals surface area contributed by atoms with E-state index in [2.05, 4.69) is 22.2 Å². The molecule has 1 aromatic heterocycles. The van der Waals surface area contributed by atoms with Crippen LogP contribution in [0.5, 0.6) is 5.75 Å². The Bertz CT molecular complexity index is 1610. The third-order valence-corrected chi connectivity index (χ3v) is 6.83. The van der Waals surface area contributed by atoms with Gasteiger partial charge in [-0.15, -0.1) is 0 Å². The highest BCUT2D eigenvalue weighted by atomic mass is 19.3. The molecule has 46 heavy (non-hydrogen) atoms. The number of allylic oxidation sites excluding steroid dienone is 1. The number of ether oxygens (including phenoxy) is 1. The number of benzene rings is 2. The van der Waals surface area contributed by atoms with Gasteiger partial charge < -0.3 is 25.2 Å². The molecule has 3 rings (SSSR count). The lowest BCUT2D eigenvalue weighted by Crippen LogP contribution is -2.29. The SMILES string of the molecule is C=CC(=O)Nc1cc(NC(/N=C\c2c(C)cc(=O)n(-c3ccccc3)c2C)=C(C)C)c(OC(F)F)cc1N(C)CCN(C)C.CC. The molecule has 1 amide bonds. The molecule has 2 aromatic carbocycles. The number of aromatic nitrogens is 1. The summed E-state index contributed by atoms with van der Waals surface area (Å²) in [5.74, 6) is -0.210. The van der Waals surface area contributed by atoms with Crippen molar-refractivity contribution in [3.05, 3.63) is 99.8 Å². The molecule has 248 valence electrons. The van der Waals surface area contributed by atoms with Gasteiger partial charge in [-0.25, -0.2) is 4.99 Å². The van der Waals surface area contributed by atoms with Crippen molar-refractivity contribution in [3.8, 4) is 11.4 Å². The normalized spacial score (nSPS) is 10.8. The van der Waals surface area contributed by atoms with Crippen LogP contribution in [0.15, 0.2) is 82.4 Å². The van der Waals surface area contributed by atoms with Crippen LogP contribution in [0.2, 0.25) is 0 Å². The Morgan fingerprint density at radius 3 is 2.24 bits per heavy atom. The summed E-state index contributed by atoms with van der Waals surface area (Å²) in [6.07, 6.45) is 2.77. The molecular formula is C35H46F2N6O3. The van der Waals surface area contributed by atoms with Crippen molar-refractivity contribution < 1.29 is 18.3 Å². The Labute approximate surface area is 270 Å². The standard InChI is InChI=1S/C33H40F2N6O3.C2H6/c1-9-30(42)37-26-18-27(29(44-33(34)35)19-28(26)40(8)16-15-39(6)7)38-32(21(2)3)36-20-25-22(4)17-31(43)41(23(25)5)24-13-11-10-12-14-24;1-2/h9-14,17-20,33,38H,1,15-16H2,2-8H3,(H,37,42);1-2H3/b36-20-;. The molecule has 9 nitrogen and oxygen atoms in total. The Hall–Kier alpha value is -4.77. The zero-order valence-electron chi connectivity index (χ0n) is 28.2. The number of halogens is 2. The number of nitrogens with one attached hydrogen (secondary N) is 2. The quantitative estimate of drug-likeness (QED) is 0.155. The van der Waals surface area contributed by atoms with E-state index >= 15 is 0 Å². The Kier molecular flexibility index (Phi) is 14.4. The Morgan fingerprint density at radius 2 is 1.67 bits per heavy atom. The van der Waals surface area contributed by atoms with Gasteiger partial charge in [0.25, 0.3) is 5.56 Å². The van der Waals surface area contributed by atoms with Crippen LogP contribution in [-0.4, -0.2) is 62.4 Å². The van der Waals surface area contributed by atoms with Gasteiger partial charge in [0.05, 0.1) is 17.1 Å². The number of anilines is 3. The second-order valence-electron chi connectivity index (χ2n) is 10.7. The zero-order chi connectivity index (χ0) is 34.6. The fourth-order valence-electron chi connectivity index (χ4n) is 4.47. The van der Waals surface area contributed by atoms with Gasteiger partial charge in [-0.2, -0.15) is 8.78 Å². The number of hydrogen-bond donors (Lipinski definition) is 2. The Balaban J connectivity index is 0.00000361. The summed E-state index contributed by atoms with van der Waals surface area (Å²) in [6, 6.07) is 13.8. The molecule has 0 unspecified atom stereocenters. The average molecular weight is 637 g/mol. The average Bonchev–Trinajstić information content (AvgIpc) is 3.01. The lowest BCUT2D eigenvalue weighted by atomic mass is 10.1. The molecule has 0 bridgehead atoms. The fraction of sp³-hybridized carbons (Fsp3) is 0.343. The molecule has 0 aliphatic rings. The number of amides is 1. The molecule has 0 atom stereocenters. The minimum atomic E-state index is -3.09. The van der Waals surface area contributed by atoms with Crippen LogP contribution in [0.25, 0.3) is 5.69 Å². The van der Waals surface area contributed by atoms with Gasteiger partial charge in [-0.3, -0.25) is 14.2 Å². The van der Waals surface area contributed by atoms with Crippen molar-refractivity contribution in [3.63, 3.8) is 0 Å². The summed E-state index contributed by atoms with van der Waals surface area (Å²) in [5.41, 5.74) is 4.50. The second-order valence-corrected chi connectivity index (χ2v) is 10.7. The van der Waals surface area contributed by atoms with E-state index in [4.69, 9.17) is 4.74 Å². The summed E-state index contributed by atoms with van der Waals surface area (Å²) in [7, 11) is 5.65. The number of likely N-dealkylation sites (N-methyl/N-ethyl adjacent to an activating group) is 2. The number of pyridine rings is 1. The zero-order valence-corrected chi connectivity index (χ0v) is 28.2. The highest BCUT2D eigenvalue weighted by molar-refractivity contribution is 6.02. The maximum atomic E-state index is 13.6. The van der Waals surface area contributed by atoms with Crippen molar-refractivity contribution in [1.29, 1.82) is 0 Å². The van der Waals surface area contributed by atoms with Crippen molar-refractivity contribution >= 4 is 29.2 Å². The molecule has 2 N–H and O–H groups in total. The number of aryl methyl sites for hydroxylation is 1. The van der Waals surface area contributed by atoms with Crippen molar-refractivity contribution in [2.45, 2.75) is 48.2 Å². The van der Waals surface area contributed by atoms with Gasteiger partial charge in [0.15, 0.2) is 5.75 Å². The minimum absolute atomic E-state index is 0.123. The van der Waals surface area contributed by atoms with Crippen LogP contribution >= 0.6 is 0 Å². The second kappa shape index (κ2) is 17.6. The highest BCUT2D eigenvalue weighted by Crippen LogP contribution is 2.38. The van der Waals surface area contributed by atoms with Crippen molar-refractivity contribution in [1.82, 2.24) is 9.47 Å². The molecule has 0 aliphatic heterocycles. The number of carbonyl (C=O) groups is 1. The van der Waals surface area contributed by atoms with E-state index < -0.39 is 12.5 Å². The first-order valence-corrected chi connectivity index (χ1v) is 15.0. The fourth-order valence-corrected chi connectivity index (χ4v) is 4.47. The lowest BCUT2D eigenvalue weighted by molar-refractivity contribution is -0.111. The number of alkyl halides is 2. The molecule has 0 saturated heterocycles. The molecule has 0 fully saturated rings. The van der Waals surface area contributed by atoms with Crippen LogP contribution in [0.1, 0.15) is 44.5 Å². The molecule has 0 radical (unpaired) electrons. The topological polar surface area (TPSA) is 91.2 Å². The summed E-state index contributed by atoms with van der Waals surface area (Å²) < 4.78 is 33.7. The third kappa shape index (κ3) is 10.1. The van der Waals surface area contributed by atoms with Gasteiger partial charge in [0.2, 0.25) is 5.91 Å². The third-order valence-electron chi connectivity index (χ3n) is 6.83. The molecule has 11 heteroatoms. The molecule has 0 spiro atoms. The van der Waals surface area contributed by atoms with E-state index in [-0.39, 0.29) is 17.0 Å². The maximum Gasteiger partial charge on any atom is 0.387 e. The predicted molar refractivity (Wildman–Crippen MR) is 186 cm³/mol. The van der Waals surface area contributed by atoms with Gasteiger partial charge in [0.1, 0.15) is 5.82 Å². The van der Waals surface area contributed by atoms with E-state index in [0.717, 1.165) is 28.5 Å². The van der Waals surface area contributed by atoms with Gasteiger partial charge in [-0.1, -0.05) is 38.6 Å². The number of hydrogen-bond acceptors (Lipinski definition) is 7. The first kappa shape index (κ1) is 37.4. The number of para-hydroxylation sites is 1. The predicted octanol–water partition coefficient (Wildman–Crippen LogP) is 6.99.